The minimum absolute atomic E-state index is 0.236. The molecule has 3 aromatic carbocycles. The maximum absolute atomic E-state index is 10.4. The van der Waals surface area contributed by atoms with Crippen LogP contribution in [0.4, 0.5) is 0 Å². The number of H-pyrrole nitrogens is 1. The number of halogens is 1. The zero-order chi connectivity index (χ0) is 20.5. The number of carbonyl (C=O) groups is 1. The first kappa shape index (κ1) is 21.2. The molecule has 5 heteroatoms. The number of aromatic nitrogens is 1. The van der Waals surface area contributed by atoms with E-state index in [1.807, 2.05) is 60.8 Å². The number of rotatable bonds is 6. The molecule has 147 valence electrons. The van der Waals surface area contributed by atoms with E-state index in [9.17, 15) is 4.79 Å². The van der Waals surface area contributed by atoms with Gasteiger partial charge in [-0.05, 0) is 24.5 Å². The Morgan fingerprint density at radius 2 is 1.41 bits per heavy atom. The van der Waals surface area contributed by atoms with Crippen LogP contribution in [0.5, 0.6) is 0 Å². The molecule has 29 heavy (non-hydrogen) atoms. The third-order valence-corrected chi connectivity index (χ3v) is 10.4. The van der Waals surface area contributed by atoms with Crippen LogP contribution in [-0.4, -0.2) is 29.5 Å². The molecule has 0 saturated heterocycles. The Hall–Kier alpha value is -2.50. The summed E-state index contributed by atoms with van der Waals surface area (Å²) in [4.78, 5) is 13.6. The van der Waals surface area contributed by atoms with Gasteiger partial charge in [-0.3, -0.25) is 4.79 Å². The number of hydrogen-bond donors (Lipinski definition) is 2. The average Bonchev–Trinajstić information content (AvgIpc) is 3.18. The van der Waals surface area contributed by atoms with Crippen molar-refractivity contribution in [2.75, 3.05) is 0 Å². The number of aryl methyl sites for hydroxylation is 1. The van der Waals surface area contributed by atoms with E-state index in [4.69, 9.17) is 15.1 Å². The van der Waals surface area contributed by atoms with Gasteiger partial charge < -0.3 is 10.1 Å². The van der Waals surface area contributed by atoms with E-state index in [1.54, 1.807) is 0 Å². The number of nitrogens with one attached hydrogen (secondary N) is 1. The number of carboxylic acids is 1. The number of aromatic amines is 1. The van der Waals surface area contributed by atoms with Gasteiger partial charge in [0.2, 0.25) is 0 Å². The Morgan fingerprint density at radius 3 is 2.00 bits per heavy atom. The van der Waals surface area contributed by atoms with Crippen molar-refractivity contribution in [2.45, 2.75) is 19.3 Å². The van der Waals surface area contributed by atoms with Crippen LogP contribution in [0.3, 0.4) is 0 Å². The van der Waals surface area contributed by atoms with Gasteiger partial charge in [-0.2, -0.15) is 0 Å². The normalized spacial score (nSPS) is 10.6. The molecule has 0 unspecified atom stereocenters. The number of hydrogen-bond acceptors (Lipinski definition) is 1. The predicted octanol–water partition coefficient (Wildman–Crippen LogP) is 4.61. The van der Waals surface area contributed by atoms with Crippen molar-refractivity contribution < 1.29 is 9.90 Å². The van der Waals surface area contributed by atoms with Gasteiger partial charge in [0.05, 0.1) is 0 Å². The zero-order valence-corrected chi connectivity index (χ0v) is 18.9. The molecule has 1 radical (unpaired) electrons. The van der Waals surface area contributed by atoms with E-state index >= 15 is 0 Å². The first-order chi connectivity index (χ1) is 14.1. The van der Waals surface area contributed by atoms with E-state index in [2.05, 4.69) is 35.3 Å². The summed E-state index contributed by atoms with van der Waals surface area (Å²) < 4.78 is 2.61. The fraction of sp³-hybridized carbons (Fsp3) is 0.125. The third kappa shape index (κ3) is 6.24. The summed E-state index contributed by atoms with van der Waals surface area (Å²) in [6, 6.07) is 28.8. The molecule has 0 amide bonds. The Bertz CT molecular complexity index is 995. The molecule has 3 nitrogen and oxygen atoms in total. The first-order valence-corrected chi connectivity index (χ1v) is 14.4. The van der Waals surface area contributed by atoms with Gasteiger partial charge in [-0.15, -0.1) is 0 Å². The minimum atomic E-state index is -1.73. The van der Waals surface area contributed by atoms with Crippen LogP contribution >= 0.6 is 10.0 Å². The van der Waals surface area contributed by atoms with Crippen molar-refractivity contribution >= 4 is 49.1 Å². The average molecular weight is 466 g/mol. The van der Waals surface area contributed by atoms with Crippen molar-refractivity contribution in [2.24, 2.45) is 0 Å². The fourth-order valence-electron chi connectivity index (χ4n) is 3.10. The van der Waals surface area contributed by atoms with E-state index < -0.39 is 19.4 Å². The standard InChI is InChI=1S/C12H10ClGe.C12H13NO2/c13-14(11-7-3-1-4-8-11)12-9-5-2-6-10-12;14-12(15)7-3-4-9-8-13-11-6-2-1-5-10(9)11/h1-10H;1-2,5-6,8,13H,3-4,7H2,(H,14,15). The van der Waals surface area contributed by atoms with Gasteiger partial charge in [0.25, 0.3) is 0 Å². The summed E-state index contributed by atoms with van der Waals surface area (Å²) in [6.45, 7) is 0. The van der Waals surface area contributed by atoms with E-state index in [1.165, 1.54) is 19.7 Å². The fourth-order valence-corrected chi connectivity index (χ4v) is 7.15. The van der Waals surface area contributed by atoms with E-state index in [0.717, 1.165) is 11.9 Å². The quantitative estimate of drug-likeness (QED) is 0.409. The van der Waals surface area contributed by atoms with Crippen LogP contribution in [0.15, 0.2) is 91.1 Å². The summed E-state index contributed by atoms with van der Waals surface area (Å²) in [6.07, 6.45) is 3.71. The van der Waals surface area contributed by atoms with E-state index in [0.29, 0.717) is 6.42 Å². The van der Waals surface area contributed by atoms with Crippen molar-refractivity contribution in [3.63, 3.8) is 0 Å². The molecule has 0 aliphatic heterocycles. The van der Waals surface area contributed by atoms with Crippen molar-refractivity contribution in [3.8, 4) is 0 Å². The van der Waals surface area contributed by atoms with Crippen molar-refractivity contribution in [1.29, 1.82) is 0 Å². The molecular formula is C24H23ClGeNO2. The van der Waals surface area contributed by atoms with Gasteiger partial charge >= 0.3 is 98.9 Å². The van der Waals surface area contributed by atoms with E-state index in [-0.39, 0.29) is 6.42 Å². The number of fused-ring (bicyclic) bond motifs is 1. The molecule has 2 N–H and O–H groups in total. The summed E-state index contributed by atoms with van der Waals surface area (Å²) in [7, 11) is 6.50. The molecule has 4 aromatic rings. The molecule has 0 spiro atoms. The molecule has 0 bridgehead atoms. The third-order valence-electron chi connectivity index (χ3n) is 4.57. The molecule has 0 saturated carbocycles. The number of aliphatic carboxylic acids is 1. The topological polar surface area (TPSA) is 53.1 Å². The van der Waals surface area contributed by atoms with Crippen LogP contribution < -0.4 is 8.79 Å². The van der Waals surface area contributed by atoms with Gasteiger partial charge in [-0.1, -0.05) is 18.2 Å². The molecular weight excluding hydrogens is 442 g/mol. The van der Waals surface area contributed by atoms with Gasteiger partial charge in [-0.25, -0.2) is 0 Å². The van der Waals surface area contributed by atoms with Crippen molar-refractivity contribution in [1.82, 2.24) is 4.98 Å². The number of carboxylic acid groups (broad SMARTS) is 1. The summed E-state index contributed by atoms with van der Waals surface area (Å²) in [5.41, 5.74) is 2.31. The Morgan fingerprint density at radius 1 is 0.862 bits per heavy atom. The van der Waals surface area contributed by atoms with Gasteiger partial charge in [0.1, 0.15) is 0 Å². The number of para-hydroxylation sites is 1. The van der Waals surface area contributed by atoms with Crippen LogP contribution in [0, 0.1) is 0 Å². The molecule has 1 aromatic heterocycles. The van der Waals surface area contributed by atoms with Crippen LogP contribution in [0.2, 0.25) is 0 Å². The zero-order valence-electron chi connectivity index (χ0n) is 16.0. The molecule has 0 atom stereocenters. The second-order valence-corrected chi connectivity index (χ2v) is 12.4. The monoisotopic (exact) mass is 466 g/mol. The molecule has 0 aliphatic rings. The second kappa shape index (κ2) is 10.9. The number of benzene rings is 3. The van der Waals surface area contributed by atoms with Crippen LogP contribution in [-0.2, 0) is 11.2 Å². The molecule has 1 heterocycles. The van der Waals surface area contributed by atoms with Crippen LogP contribution in [0.25, 0.3) is 10.9 Å². The SMILES string of the molecule is O=C(O)CCCc1c[nH]c2ccccc12.[Cl][Ge]([c]1ccccc1)[c]1ccccc1. The predicted molar refractivity (Wildman–Crippen MR) is 123 cm³/mol. The Kier molecular flexibility index (Phi) is 7.97. The molecule has 4 rings (SSSR count). The summed E-state index contributed by atoms with van der Waals surface area (Å²) in [5, 5.41) is 9.74. The first-order valence-electron chi connectivity index (χ1n) is 9.55. The van der Waals surface area contributed by atoms with Gasteiger partial charge in [0.15, 0.2) is 0 Å². The molecule has 0 aliphatic carbocycles. The van der Waals surface area contributed by atoms with Gasteiger partial charge in [0, 0.05) is 23.5 Å². The molecule has 0 fully saturated rings. The van der Waals surface area contributed by atoms with Crippen molar-refractivity contribution in [3.05, 3.63) is 96.7 Å². The second-order valence-electron chi connectivity index (χ2n) is 6.65. The maximum atomic E-state index is 10.4. The summed E-state index contributed by atoms with van der Waals surface area (Å²) in [5.74, 6) is -0.727. The Labute approximate surface area is 179 Å². The van der Waals surface area contributed by atoms with Crippen LogP contribution in [0.1, 0.15) is 18.4 Å². The summed E-state index contributed by atoms with van der Waals surface area (Å²) >= 11 is -1.73. The Balaban J connectivity index is 0.000000166.